The molecular weight excluding hydrogens is 324 g/mol. The number of rotatable bonds is 7. The fraction of sp³-hybridized carbons (Fsp3) is 0.188. The van der Waals surface area contributed by atoms with E-state index in [4.69, 9.17) is 4.74 Å². The number of alkyl halides is 2. The second-order valence-corrected chi connectivity index (χ2v) is 5.45. The molecule has 0 aliphatic carbocycles. The molecule has 0 aliphatic rings. The highest BCUT2D eigenvalue weighted by atomic mass is 32.1. The molecule has 0 atom stereocenters. The minimum absolute atomic E-state index is 0.0539. The quantitative estimate of drug-likeness (QED) is 0.783. The summed E-state index contributed by atoms with van der Waals surface area (Å²) < 4.78 is 33.8. The molecular formula is C16H15F2NO3S. The average molecular weight is 339 g/mol. The Labute approximate surface area is 136 Å². The van der Waals surface area contributed by atoms with Crippen LogP contribution in [0, 0.1) is 0 Å². The molecule has 0 radical (unpaired) electrons. The normalized spacial score (nSPS) is 11.0. The van der Waals surface area contributed by atoms with E-state index in [2.05, 4.69) is 10.1 Å². The number of hydrogen-bond donors (Lipinski definition) is 1. The number of halogens is 2. The van der Waals surface area contributed by atoms with Crippen LogP contribution < -0.4 is 14.8 Å². The first-order chi connectivity index (χ1) is 11.1. The lowest BCUT2D eigenvalue weighted by Crippen LogP contribution is -2.19. The highest BCUT2D eigenvalue weighted by molar-refractivity contribution is 7.09. The van der Waals surface area contributed by atoms with Crippen molar-refractivity contribution in [2.24, 2.45) is 0 Å². The Kier molecular flexibility index (Phi) is 6.10. The summed E-state index contributed by atoms with van der Waals surface area (Å²) in [5, 5.41) is 4.69. The first-order valence-electron chi connectivity index (χ1n) is 6.69. The van der Waals surface area contributed by atoms with Crippen molar-refractivity contribution in [3.63, 3.8) is 0 Å². The SMILES string of the molecule is COc1cc(C=CC(=O)NCc2cccs2)ccc1OC(F)F. The molecule has 0 saturated heterocycles. The number of carbonyl (C=O) groups is 1. The van der Waals surface area contributed by atoms with Gasteiger partial charge in [0.15, 0.2) is 11.5 Å². The van der Waals surface area contributed by atoms with E-state index in [1.54, 1.807) is 23.5 Å². The zero-order valence-electron chi connectivity index (χ0n) is 12.3. The molecule has 23 heavy (non-hydrogen) atoms. The zero-order valence-corrected chi connectivity index (χ0v) is 13.1. The van der Waals surface area contributed by atoms with Crippen LogP contribution in [-0.2, 0) is 11.3 Å². The van der Waals surface area contributed by atoms with E-state index in [-0.39, 0.29) is 17.4 Å². The highest BCUT2D eigenvalue weighted by Gasteiger charge is 2.10. The van der Waals surface area contributed by atoms with Crippen LogP contribution in [0.4, 0.5) is 8.78 Å². The highest BCUT2D eigenvalue weighted by Crippen LogP contribution is 2.29. The number of ether oxygens (including phenoxy) is 2. The molecule has 1 aromatic heterocycles. The fourth-order valence-electron chi connectivity index (χ4n) is 1.80. The fourth-order valence-corrected chi connectivity index (χ4v) is 2.44. The Morgan fingerprint density at radius 3 is 2.83 bits per heavy atom. The molecule has 0 unspecified atom stereocenters. The van der Waals surface area contributed by atoms with Crippen LogP contribution in [-0.4, -0.2) is 19.6 Å². The minimum atomic E-state index is -2.92. The average Bonchev–Trinajstić information content (AvgIpc) is 3.04. The van der Waals surface area contributed by atoms with Crippen LogP contribution in [0.5, 0.6) is 11.5 Å². The zero-order chi connectivity index (χ0) is 16.7. The molecule has 2 aromatic rings. The molecule has 0 spiro atoms. The molecule has 0 saturated carbocycles. The van der Waals surface area contributed by atoms with Crippen LogP contribution in [0.1, 0.15) is 10.4 Å². The van der Waals surface area contributed by atoms with E-state index in [9.17, 15) is 13.6 Å². The van der Waals surface area contributed by atoms with Gasteiger partial charge in [0.25, 0.3) is 0 Å². The van der Waals surface area contributed by atoms with Crippen LogP contribution in [0.25, 0.3) is 6.08 Å². The Morgan fingerprint density at radius 1 is 1.35 bits per heavy atom. The molecule has 0 aliphatic heterocycles. The van der Waals surface area contributed by atoms with Crippen molar-refractivity contribution < 1.29 is 23.0 Å². The minimum Gasteiger partial charge on any atom is -0.493 e. The van der Waals surface area contributed by atoms with Gasteiger partial charge in [-0.2, -0.15) is 8.78 Å². The molecule has 4 nitrogen and oxygen atoms in total. The topological polar surface area (TPSA) is 47.6 Å². The number of hydrogen-bond acceptors (Lipinski definition) is 4. The van der Waals surface area contributed by atoms with Crippen LogP contribution >= 0.6 is 11.3 Å². The summed E-state index contributed by atoms with van der Waals surface area (Å²) in [5.74, 6) is -0.126. The monoisotopic (exact) mass is 339 g/mol. The standard InChI is InChI=1S/C16H15F2NO3S/c1-21-14-9-11(4-6-13(14)22-16(17)18)5-7-15(20)19-10-12-3-2-8-23-12/h2-9,16H,10H2,1H3,(H,19,20). The maximum atomic E-state index is 12.2. The smallest absolute Gasteiger partial charge is 0.387 e. The molecule has 0 fully saturated rings. The van der Waals surface area contributed by atoms with Crippen molar-refractivity contribution >= 4 is 23.3 Å². The van der Waals surface area contributed by atoms with Crippen molar-refractivity contribution in [2.45, 2.75) is 13.2 Å². The lowest BCUT2D eigenvalue weighted by atomic mass is 10.2. The van der Waals surface area contributed by atoms with Gasteiger partial charge in [0.05, 0.1) is 13.7 Å². The van der Waals surface area contributed by atoms with Gasteiger partial charge in [0.2, 0.25) is 5.91 Å². The predicted octanol–water partition coefficient (Wildman–Crippen LogP) is 3.69. The molecule has 1 aromatic carbocycles. The van der Waals surface area contributed by atoms with Gasteiger partial charge in [-0.15, -0.1) is 11.3 Å². The number of amides is 1. The Hall–Kier alpha value is -2.41. The van der Waals surface area contributed by atoms with E-state index in [0.29, 0.717) is 12.1 Å². The molecule has 1 heterocycles. The van der Waals surface area contributed by atoms with Crippen molar-refractivity contribution in [3.8, 4) is 11.5 Å². The first-order valence-corrected chi connectivity index (χ1v) is 7.57. The van der Waals surface area contributed by atoms with Gasteiger partial charge in [-0.25, -0.2) is 0 Å². The summed E-state index contributed by atoms with van der Waals surface area (Å²) in [6.45, 7) is -2.46. The molecule has 0 bridgehead atoms. The van der Waals surface area contributed by atoms with E-state index >= 15 is 0 Å². The van der Waals surface area contributed by atoms with Crippen molar-refractivity contribution in [2.75, 3.05) is 7.11 Å². The van der Waals surface area contributed by atoms with Crippen LogP contribution in [0.2, 0.25) is 0 Å². The van der Waals surface area contributed by atoms with Gasteiger partial charge >= 0.3 is 6.61 Å². The Morgan fingerprint density at radius 2 is 2.17 bits per heavy atom. The molecule has 122 valence electrons. The summed E-state index contributed by atoms with van der Waals surface area (Å²) in [6, 6.07) is 8.29. The number of carbonyl (C=O) groups excluding carboxylic acids is 1. The van der Waals surface area contributed by atoms with Gasteiger partial charge in [-0.1, -0.05) is 12.1 Å². The number of benzene rings is 1. The van der Waals surface area contributed by atoms with E-state index in [0.717, 1.165) is 4.88 Å². The van der Waals surface area contributed by atoms with Crippen LogP contribution in [0.15, 0.2) is 41.8 Å². The van der Waals surface area contributed by atoms with Gasteiger partial charge in [-0.3, -0.25) is 4.79 Å². The molecule has 1 amide bonds. The Balaban J connectivity index is 1.97. The molecule has 2 rings (SSSR count). The number of thiophene rings is 1. The maximum Gasteiger partial charge on any atom is 0.387 e. The molecule has 7 heteroatoms. The lowest BCUT2D eigenvalue weighted by molar-refractivity contribution is -0.116. The van der Waals surface area contributed by atoms with Crippen molar-refractivity contribution in [3.05, 3.63) is 52.2 Å². The third-order valence-corrected chi connectivity index (χ3v) is 3.72. The summed E-state index contributed by atoms with van der Waals surface area (Å²) in [6.07, 6.45) is 2.94. The predicted molar refractivity (Wildman–Crippen MR) is 84.8 cm³/mol. The van der Waals surface area contributed by atoms with E-state index in [1.807, 2.05) is 17.5 Å². The van der Waals surface area contributed by atoms with Crippen LogP contribution in [0.3, 0.4) is 0 Å². The second kappa shape index (κ2) is 8.28. The number of methoxy groups -OCH3 is 1. The maximum absolute atomic E-state index is 12.2. The van der Waals surface area contributed by atoms with Crippen molar-refractivity contribution in [1.82, 2.24) is 5.32 Å². The van der Waals surface area contributed by atoms with Gasteiger partial charge in [0.1, 0.15) is 0 Å². The largest absolute Gasteiger partial charge is 0.493 e. The van der Waals surface area contributed by atoms with Gasteiger partial charge in [0, 0.05) is 11.0 Å². The molecule has 1 N–H and O–H groups in total. The van der Waals surface area contributed by atoms with Gasteiger partial charge in [-0.05, 0) is 35.2 Å². The van der Waals surface area contributed by atoms with Crippen molar-refractivity contribution in [1.29, 1.82) is 0 Å². The van der Waals surface area contributed by atoms with E-state index in [1.165, 1.54) is 25.3 Å². The lowest BCUT2D eigenvalue weighted by Gasteiger charge is -2.10. The van der Waals surface area contributed by atoms with E-state index < -0.39 is 6.61 Å². The third kappa shape index (κ3) is 5.37. The summed E-state index contributed by atoms with van der Waals surface area (Å²) >= 11 is 1.56. The van der Waals surface area contributed by atoms with Gasteiger partial charge < -0.3 is 14.8 Å². The summed E-state index contributed by atoms with van der Waals surface area (Å²) in [7, 11) is 1.36. The summed E-state index contributed by atoms with van der Waals surface area (Å²) in [4.78, 5) is 12.8. The second-order valence-electron chi connectivity index (χ2n) is 4.42. The number of nitrogens with one attached hydrogen (secondary N) is 1. The third-order valence-electron chi connectivity index (χ3n) is 2.85. The Bertz CT molecular complexity index is 672. The summed E-state index contributed by atoms with van der Waals surface area (Å²) in [5.41, 5.74) is 0.634. The first kappa shape index (κ1) is 17.0.